The first-order chi connectivity index (χ1) is 9.40. The molecule has 2 rings (SSSR count). The molecule has 2 aromatic rings. The van der Waals surface area contributed by atoms with Crippen molar-refractivity contribution < 1.29 is 9.47 Å². The number of hydrogen-bond donors (Lipinski definition) is 0. The fourth-order valence-corrected chi connectivity index (χ4v) is 1.67. The highest BCUT2D eigenvalue weighted by Crippen LogP contribution is 2.16. The Balaban J connectivity index is 1.84. The van der Waals surface area contributed by atoms with Crippen LogP contribution in [0, 0.1) is 11.8 Å². The molecule has 0 aliphatic heterocycles. The molecule has 2 heteroatoms. The van der Waals surface area contributed by atoms with Crippen LogP contribution in [0.2, 0.25) is 0 Å². The summed E-state index contributed by atoms with van der Waals surface area (Å²) in [5.41, 5.74) is 2.01. The Morgan fingerprint density at radius 3 is 2.47 bits per heavy atom. The van der Waals surface area contributed by atoms with Gasteiger partial charge < -0.3 is 9.47 Å². The summed E-state index contributed by atoms with van der Waals surface area (Å²) in [4.78, 5) is 0. The highest BCUT2D eigenvalue weighted by Gasteiger charge is 1.99. The molecule has 0 saturated heterocycles. The van der Waals surface area contributed by atoms with Crippen LogP contribution in [0.5, 0.6) is 5.75 Å². The molecule has 96 valence electrons. The standard InChI is InChI=1S/C17H16O2/c1-2-8-16-11-6-7-12-17(16)19-14-18-13-15-9-4-3-5-10-15/h3-7,9-12H,13-14H2,1H3. The van der Waals surface area contributed by atoms with Crippen molar-refractivity contribution in [2.24, 2.45) is 0 Å². The van der Waals surface area contributed by atoms with Gasteiger partial charge in [-0.2, -0.15) is 0 Å². The van der Waals surface area contributed by atoms with Gasteiger partial charge in [-0.3, -0.25) is 0 Å². The Hall–Kier alpha value is -2.24. The van der Waals surface area contributed by atoms with Gasteiger partial charge in [0, 0.05) is 0 Å². The second-order valence-electron chi connectivity index (χ2n) is 3.97. The monoisotopic (exact) mass is 252 g/mol. The van der Waals surface area contributed by atoms with E-state index in [4.69, 9.17) is 9.47 Å². The summed E-state index contributed by atoms with van der Waals surface area (Å²) in [6.45, 7) is 2.57. The molecule has 0 aromatic heterocycles. The molecule has 0 aliphatic rings. The first kappa shape index (κ1) is 13.2. The van der Waals surface area contributed by atoms with Crippen LogP contribution in [0.25, 0.3) is 0 Å². The van der Waals surface area contributed by atoms with Crippen LogP contribution >= 0.6 is 0 Å². The van der Waals surface area contributed by atoms with Gasteiger partial charge in [-0.15, -0.1) is 5.92 Å². The maximum atomic E-state index is 5.59. The molecule has 0 spiro atoms. The largest absolute Gasteiger partial charge is 0.466 e. The van der Waals surface area contributed by atoms with E-state index in [1.165, 1.54) is 0 Å². The fraction of sp³-hybridized carbons (Fsp3) is 0.176. The van der Waals surface area contributed by atoms with Gasteiger partial charge in [-0.1, -0.05) is 48.4 Å². The summed E-state index contributed by atoms with van der Waals surface area (Å²) >= 11 is 0. The van der Waals surface area contributed by atoms with Crippen molar-refractivity contribution in [3.63, 3.8) is 0 Å². The van der Waals surface area contributed by atoms with Crippen molar-refractivity contribution in [1.29, 1.82) is 0 Å². The van der Waals surface area contributed by atoms with Crippen LogP contribution in [0.3, 0.4) is 0 Å². The molecular weight excluding hydrogens is 236 g/mol. The second kappa shape index (κ2) is 7.25. The second-order valence-corrected chi connectivity index (χ2v) is 3.97. The van der Waals surface area contributed by atoms with E-state index in [9.17, 15) is 0 Å². The third kappa shape index (κ3) is 4.17. The molecule has 0 N–H and O–H groups in total. The Labute approximate surface area is 114 Å². The molecule has 0 aliphatic carbocycles. The minimum atomic E-state index is 0.220. The Bertz CT molecular complexity index is 565. The van der Waals surface area contributed by atoms with E-state index in [1.54, 1.807) is 0 Å². The third-order valence-electron chi connectivity index (χ3n) is 2.56. The summed E-state index contributed by atoms with van der Waals surface area (Å²) < 4.78 is 11.1. The predicted octanol–water partition coefficient (Wildman–Crippen LogP) is 3.61. The minimum Gasteiger partial charge on any atom is -0.466 e. The van der Waals surface area contributed by atoms with Crippen molar-refractivity contribution >= 4 is 0 Å². The SMILES string of the molecule is CC#Cc1ccccc1OCOCc1ccccc1. The predicted molar refractivity (Wildman–Crippen MR) is 75.7 cm³/mol. The first-order valence-corrected chi connectivity index (χ1v) is 6.16. The molecule has 0 atom stereocenters. The normalized spacial score (nSPS) is 9.53. The van der Waals surface area contributed by atoms with Gasteiger partial charge in [0.25, 0.3) is 0 Å². The van der Waals surface area contributed by atoms with Crippen LogP contribution in [0.1, 0.15) is 18.1 Å². The van der Waals surface area contributed by atoms with Gasteiger partial charge in [0.15, 0.2) is 6.79 Å². The molecule has 0 bridgehead atoms. The molecule has 0 radical (unpaired) electrons. The summed E-state index contributed by atoms with van der Waals surface area (Å²) in [5, 5.41) is 0. The van der Waals surface area contributed by atoms with E-state index in [-0.39, 0.29) is 6.79 Å². The Kier molecular flexibility index (Phi) is 5.04. The lowest BCUT2D eigenvalue weighted by Gasteiger charge is -2.08. The molecule has 0 fully saturated rings. The quantitative estimate of drug-likeness (QED) is 0.460. The van der Waals surface area contributed by atoms with Crippen molar-refractivity contribution in [3.8, 4) is 17.6 Å². The van der Waals surface area contributed by atoms with Crippen LogP contribution < -0.4 is 4.74 Å². The Morgan fingerprint density at radius 1 is 0.947 bits per heavy atom. The van der Waals surface area contributed by atoms with Gasteiger partial charge in [0.2, 0.25) is 0 Å². The van der Waals surface area contributed by atoms with Gasteiger partial charge in [0.1, 0.15) is 5.75 Å². The van der Waals surface area contributed by atoms with Crippen molar-refractivity contribution in [2.45, 2.75) is 13.5 Å². The van der Waals surface area contributed by atoms with Gasteiger partial charge in [-0.25, -0.2) is 0 Å². The van der Waals surface area contributed by atoms with E-state index in [1.807, 2.05) is 61.5 Å². The van der Waals surface area contributed by atoms with E-state index >= 15 is 0 Å². The molecule has 0 amide bonds. The number of benzene rings is 2. The van der Waals surface area contributed by atoms with Crippen LogP contribution in [-0.2, 0) is 11.3 Å². The topological polar surface area (TPSA) is 18.5 Å². The van der Waals surface area contributed by atoms with Crippen LogP contribution in [0.4, 0.5) is 0 Å². The molecule has 19 heavy (non-hydrogen) atoms. The minimum absolute atomic E-state index is 0.220. The van der Waals surface area contributed by atoms with Crippen LogP contribution in [0.15, 0.2) is 54.6 Å². The zero-order valence-electron chi connectivity index (χ0n) is 10.9. The van der Waals surface area contributed by atoms with Crippen LogP contribution in [-0.4, -0.2) is 6.79 Å². The van der Waals surface area contributed by atoms with Crippen molar-refractivity contribution in [2.75, 3.05) is 6.79 Å². The average molecular weight is 252 g/mol. The molecule has 0 saturated carbocycles. The number of hydrogen-bond acceptors (Lipinski definition) is 2. The zero-order chi connectivity index (χ0) is 13.3. The summed E-state index contributed by atoms with van der Waals surface area (Å²) in [6, 6.07) is 17.7. The van der Waals surface area contributed by atoms with Gasteiger partial charge in [0.05, 0.1) is 12.2 Å². The highest BCUT2D eigenvalue weighted by molar-refractivity contribution is 5.45. The smallest absolute Gasteiger partial charge is 0.189 e. The molecule has 2 aromatic carbocycles. The highest BCUT2D eigenvalue weighted by atomic mass is 16.7. The summed E-state index contributed by atoms with van der Waals surface area (Å²) in [7, 11) is 0. The molecule has 2 nitrogen and oxygen atoms in total. The molecule has 0 unspecified atom stereocenters. The van der Waals surface area contributed by atoms with Gasteiger partial charge >= 0.3 is 0 Å². The number of para-hydroxylation sites is 1. The molecule has 0 heterocycles. The van der Waals surface area contributed by atoms with E-state index in [2.05, 4.69) is 11.8 Å². The fourth-order valence-electron chi connectivity index (χ4n) is 1.67. The van der Waals surface area contributed by atoms with E-state index in [0.29, 0.717) is 6.61 Å². The molecular formula is C17H16O2. The van der Waals surface area contributed by atoms with E-state index in [0.717, 1.165) is 16.9 Å². The number of ether oxygens (including phenoxy) is 2. The summed E-state index contributed by atoms with van der Waals surface area (Å²) in [6.07, 6.45) is 0. The number of rotatable bonds is 5. The maximum Gasteiger partial charge on any atom is 0.189 e. The Morgan fingerprint density at radius 2 is 1.68 bits per heavy atom. The first-order valence-electron chi connectivity index (χ1n) is 6.16. The average Bonchev–Trinajstić information content (AvgIpc) is 2.47. The summed E-state index contributed by atoms with van der Waals surface area (Å²) in [5.74, 6) is 6.63. The lowest BCUT2D eigenvalue weighted by Crippen LogP contribution is -2.03. The zero-order valence-corrected chi connectivity index (χ0v) is 10.9. The lowest BCUT2D eigenvalue weighted by molar-refractivity contribution is 0.00490. The van der Waals surface area contributed by atoms with E-state index < -0.39 is 0 Å². The van der Waals surface area contributed by atoms with Crippen molar-refractivity contribution in [1.82, 2.24) is 0 Å². The van der Waals surface area contributed by atoms with Gasteiger partial charge in [-0.05, 0) is 24.6 Å². The third-order valence-corrected chi connectivity index (χ3v) is 2.56. The lowest BCUT2D eigenvalue weighted by atomic mass is 10.2. The maximum absolute atomic E-state index is 5.59. The van der Waals surface area contributed by atoms with Crippen molar-refractivity contribution in [3.05, 3.63) is 65.7 Å².